The molecule has 0 saturated heterocycles. The van der Waals surface area contributed by atoms with Crippen LogP contribution in [0, 0.1) is 0 Å². The summed E-state index contributed by atoms with van der Waals surface area (Å²) in [6.45, 7) is 4.32. The van der Waals surface area contributed by atoms with E-state index in [-0.39, 0.29) is 18.7 Å². The minimum Gasteiger partial charge on any atom is -0.480 e. The van der Waals surface area contributed by atoms with E-state index in [1.807, 2.05) is 28.8 Å². The average Bonchev–Trinajstić information content (AvgIpc) is 3.02. The zero-order chi connectivity index (χ0) is 19.8. The van der Waals surface area contributed by atoms with Gasteiger partial charge in [0.25, 0.3) is 0 Å². The monoisotopic (exact) mass is 391 g/mol. The number of nitrogens with zero attached hydrogens (tertiary/aromatic N) is 2. The number of benzene rings is 1. The Morgan fingerprint density at radius 3 is 2.67 bits per heavy atom. The van der Waals surface area contributed by atoms with E-state index >= 15 is 0 Å². The van der Waals surface area contributed by atoms with Crippen molar-refractivity contribution in [1.82, 2.24) is 14.9 Å². The molecule has 1 atom stereocenters. The standard InChI is InChI=1S/C20H26ClN3O3/c1-3-5-10-18-22-12-15(11-17(20(26)27)23-19(25)4-2)24(18)13-14-8-6-7-9-16(14)21/h6-9,12,17H,3-5,10-11,13H2,1-2H3,(H,23,25)(H,26,27). The van der Waals surface area contributed by atoms with E-state index in [2.05, 4.69) is 17.2 Å². The molecular formula is C20H26ClN3O3. The molecule has 0 spiro atoms. The van der Waals surface area contributed by atoms with Crippen molar-refractivity contribution >= 4 is 23.5 Å². The van der Waals surface area contributed by atoms with Crippen molar-refractivity contribution < 1.29 is 14.7 Å². The highest BCUT2D eigenvalue weighted by Gasteiger charge is 2.23. The number of amides is 1. The number of carboxylic acids is 1. The van der Waals surface area contributed by atoms with Crippen molar-refractivity contribution in [1.29, 1.82) is 0 Å². The Hall–Kier alpha value is -2.34. The first-order valence-electron chi connectivity index (χ1n) is 9.25. The number of hydrogen-bond donors (Lipinski definition) is 2. The molecule has 1 aromatic carbocycles. The second-order valence-corrected chi connectivity index (χ2v) is 6.87. The van der Waals surface area contributed by atoms with E-state index in [1.54, 1.807) is 13.1 Å². The molecule has 6 nitrogen and oxygen atoms in total. The van der Waals surface area contributed by atoms with Crippen LogP contribution >= 0.6 is 11.6 Å². The fraction of sp³-hybridized carbons (Fsp3) is 0.450. The molecule has 0 aliphatic carbocycles. The molecule has 0 fully saturated rings. The van der Waals surface area contributed by atoms with Crippen LogP contribution in [-0.4, -0.2) is 32.6 Å². The van der Waals surface area contributed by atoms with Crippen LogP contribution in [-0.2, 0) is 29.0 Å². The van der Waals surface area contributed by atoms with Crippen LogP contribution in [0.4, 0.5) is 0 Å². The van der Waals surface area contributed by atoms with Gasteiger partial charge in [0.1, 0.15) is 11.9 Å². The number of halogens is 1. The van der Waals surface area contributed by atoms with E-state index in [0.717, 1.165) is 36.3 Å². The molecule has 1 aromatic heterocycles. The van der Waals surface area contributed by atoms with E-state index in [4.69, 9.17) is 11.6 Å². The minimum atomic E-state index is -1.06. The first kappa shape index (κ1) is 21.0. The summed E-state index contributed by atoms with van der Waals surface area (Å²) < 4.78 is 2.02. The molecule has 1 amide bonds. The molecular weight excluding hydrogens is 366 g/mol. The molecule has 1 heterocycles. The van der Waals surface area contributed by atoms with Crippen molar-refractivity contribution in [3.8, 4) is 0 Å². The quantitative estimate of drug-likeness (QED) is 0.649. The van der Waals surface area contributed by atoms with Gasteiger partial charge < -0.3 is 15.0 Å². The van der Waals surface area contributed by atoms with E-state index in [9.17, 15) is 14.7 Å². The number of aromatic nitrogens is 2. The van der Waals surface area contributed by atoms with Crippen molar-refractivity contribution in [2.24, 2.45) is 0 Å². The molecule has 146 valence electrons. The summed E-state index contributed by atoms with van der Waals surface area (Å²) in [6, 6.07) is 6.59. The van der Waals surface area contributed by atoms with Crippen LogP contribution in [0.2, 0.25) is 5.02 Å². The molecule has 0 radical (unpaired) electrons. The second-order valence-electron chi connectivity index (χ2n) is 6.46. The Morgan fingerprint density at radius 1 is 1.30 bits per heavy atom. The Kier molecular flexibility index (Phi) is 7.85. The SMILES string of the molecule is CCCCc1ncc(CC(NC(=O)CC)C(=O)O)n1Cc1ccccc1Cl. The smallest absolute Gasteiger partial charge is 0.326 e. The van der Waals surface area contributed by atoms with Gasteiger partial charge in [-0.05, 0) is 18.1 Å². The van der Waals surface area contributed by atoms with E-state index in [1.165, 1.54) is 0 Å². The average molecular weight is 392 g/mol. The lowest BCUT2D eigenvalue weighted by Crippen LogP contribution is -2.42. The van der Waals surface area contributed by atoms with Gasteiger partial charge in [-0.15, -0.1) is 0 Å². The Morgan fingerprint density at radius 2 is 2.04 bits per heavy atom. The highest BCUT2D eigenvalue weighted by molar-refractivity contribution is 6.31. The molecule has 0 aliphatic heterocycles. The van der Waals surface area contributed by atoms with Crippen molar-refractivity contribution in [3.05, 3.63) is 52.6 Å². The summed E-state index contributed by atoms with van der Waals surface area (Å²) in [5.74, 6) is -0.444. The maximum Gasteiger partial charge on any atom is 0.326 e. The number of aliphatic carboxylic acids is 1. The molecule has 1 unspecified atom stereocenters. The third-order valence-corrected chi connectivity index (χ3v) is 4.80. The van der Waals surface area contributed by atoms with Crippen LogP contribution < -0.4 is 5.32 Å². The summed E-state index contributed by atoms with van der Waals surface area (Å²) in [5.41, 5.74) is 1.71. The number of carbonyl (C=O) groups is 2. The third kappa shape index (κ3) is 5.82. The second kappa shape index (κ2) is 10.1. The topological polar surface area (TPSA) is 84.2 Å². The van der Waals surface area contributed by atoms with Crippen LogP contribution in [0.1, 0.15) is 50.2 Å². The molecule has 7 heteroatoms. The van der Waals surface area contributed by atoms with Crippen LogP contribution in [0.25, 0.3) is 0 Å². The first-order chi connectivity index (χ1) is 13.0. The number of hydrogen-bond acceptors (Lipinski definition) is 3. The molecule has 2 aromatic rings. The van der Waals surface area contributed by atoms with Crippen molar-refractivity contribution in [2.45, 2.75) is 58.5 Å². The molecule has 0 aliphatic rings. The minimum absolute atomic E-state index is 0.171. The molecule has 2 N–H and O–H groups in total. The van der Waals surface area contributed by atoms with Crippen molar-refractivity contribution in [3.63, 3.8) is 0 Å². The number of unbranched alkanes of at least 4 members (excludes halogenated alkanes) is 1. The molecule has 0 saturated carbocycles. The number of imidazole rings is 1. The molecule has 0 bridgehead atoms. The Bertz CT molecular complexity index is 789. The van der Waals surface area contributed by atoms with Gasteiger partial charge >= 0.3 is 5.97 Å². The predicted octanol–water partition coefficient (Wildman–Crippen LogP) is 3.45. The highest BCUT2D eigenvalue weighted by Crippen LogP contribution is 2.20. The number of carbonyl (C=O) groups excluding carboxylic acids is 1. The molecule has 27 heavy (non-hydrogen) atoms. The number of rotatable bonds is 10. The van der Waals surface area contributed by atoms with Crippen LogP contribution in [0.15, 0.2) is 30.5 Å². The maximum atomic E-state index is 11.7. The zero-order valence-electron chi connectivity index (χ0n) is 15.7. The Balaban J connectivity index is 2.31. The van der Waals surface area contributed by atoms with Gasteiger partial charge in [-0.1, -0.05) is 50.1 Å². The maximum absolute atomic E-state index is 11.7. The fourth-order valence-corrected chi connectivity index (χ4v) is 3.04. The largest absolute Gasteiger partial charge is 0.480 e. The highest BCUT2D eigenvalue weighted by atomic mass is 35.5. The normalized spacial score (nSPS) is 12.0. The lowest BCUT2D eigenvalue weighted by Gasteiger charge is -2.17. The number of aryl methyl sites for hydroxylation is 1. The fourth-order valence-electron chi connectivity index (χ4n) is 2.85. The molecule has 2 rings (SSSR count). The van der Waals surface area contributed by atoms with Gasteiger partial charge in [0.05, 0.1) is 6.54 Å². The Labute approximate surface area is 164 Å². The van der Waals surface area contributed by atoms with E-state index < -0.39 is 12.0 Å². The lowest BCUT2D eigenvalue weighted by atomic mass is 10.1. The zero-order valence-corrected chi connectivity index (χ0v) is 16.5. The first-order valence-corrected chi connectivity index (χ1v) is 9.62. The third-order valence-electron chi connectivity index (χ3n) is 4.43. The summed E-state index contributed by atoms with van der Waals surface area (Å²) >= 11 is 6.31. The van der Waals surface area contributed by atoms with Gasteiger partial charge in [-0.2, -0.15) is 0 Å². The lowest BCUT2D eigenvalue weighted by molar-refractivity contribution is -0.141. The summed E-state index contributed by atoms with van der Waals surface area (Å²) in [6.07, 6.45) is 4.96. The van der Waals surface area contributed by atoms with Crippen molar-refractivity contribution in [2.75, 3.05) is 0 Å². The number of nitrogens with one attached hydrogen (secondary N) is 1. The van der Waals surface area contributed by atoms with Crippen LogP contribution in [0.3, 0.4) is 0 Å². The summed E-state index contributed by atoms with van der Waals surface area (Å²) in [4.78, 5) is 27.8. The van der Waals surface area contributed by atoms with Gasteiger partial charge in [0.2, 0.25) is 5.91 Å². The van der Waals surface area contributed by atoms with Gasteiger partial charge in [-0.3, -0.25) is 4.79 Å². The van der Waals surface area contributed by atoms with Gasteiger partial charge in [-0.25, -0.2) is 9.78 Å². The number of carboxylic acid groups (broad SMARTS) is 1. The van der Waals surface area contributed by atoms with Crippen LogP contribution in [0.5, 0.6) is 0 Å². The predicted molar refractivity (Wildman–Crippen MR) is 105 cm³/mol. The van der Waals surface area contributed by atoms with E-state index in [0.29, 0.717) is 11.6 Å². The van der Waals surface area contributed by atoms with Gasteiger partial charge in [0.15, 0.2) is 0 Å². The van der Waals surface area contributed by atoms with Gasteiger partial charge in [0, 0.05) is 36.2 Å². The summed E-state index contributed by atoms with van der Waals surface area (Å²) in [7, 11) is 0. The summed E-state index contributed by atoms with van der Waals surface area (Å²) in [5, 5.41) is 12.7.